The molecule has 0 radical (unpaired) electrons. The predicted molar refractivity (Wildman–Crippen MR) is 173 cm³/mol. The molecule has 2 amide bonds. The summed E-state index contributed by atoms with van der Waals surface area (Å²) in [6.07, 6.45) is 1.33. The zero-order valence-corrected chi connectivity index (χ0v) is 26.0. The van der Waals surface area contributed by atoms with Crippen LogP contribution in [0, 0.1) is 10.1 Å². The SMILES string of the molecule is O=C(N/N=C\c1cc(Br)ccc1OC(=O)c1sc2cc(Cl)ccc2c1Cl)c1ccc(NC(=O)c2ccc([N+](=O)[O-])cc2)cc1. The lowest BCUT2D eigenvalue weighted by molar-refractivity contribution is -0.384. The molecule has 0 fully saturated rings. The number of carbonyl (C=O) groups is 3. The quantitative estimate of drug-likeness (QED) is 0.0548. The Morgan fingerprint density at radius 1 is 0.909 bits per heavy atom. The number of hydrazone groups is 1. The minimum atomic E-state index is -0.658. The Morgan fingerprint density at radius 3 is 2.30 bits per heavy atom. The molecule has 220 valence electrons. The van der Waals surface area contributed by atoms with Gasteiger partial charge in [0.25, 0.3) is 17.5 Å². The average Bonchev–Trinajstić information content (AvgIpc) is 3.33. The Balaban J connectivity index is 1.22. The van der Waals surface area contributed by atoms with Gasteiger partial charge in [-0.1, -0.05) is 45.2 Å². The van der Waals surface area contributed by atoms with Crippen molar-refractivity contribution in [3.63, 3.8) is 0 Å². The third-order valence-electron chi connectivity index (χ3n) is 6.07. The van der Waals surface area contributed by atoms with E-state index in [1.165, 1.54) is 54.7 Å². The third-order valence-corrected chi connectivity index (χ3v) is 8.43. The van der Waals surface area contributed by atoms with Crippen LogP contribution in [0.3, 0.4) is 0 Å². The minimum Gasteiger partial charge on any atom is -0.422 e. The van der Waals surface area contributed by atoms with Gasteiger partial charge in [0.2, 0.25) is 0 Å². The lowest BCUT2D eigenvalue weighted by Gasteiger charge is -2.08. The van der Waals surface area contributed by atoms with E-state index in [0.29, 0.717) is 26.1 Å². The van der Waals surface area contributed by atoms with Crippen LogP contribution < -0.4 is 15.5 Å². The molecule has 5 rings (SSSR count). The minimum absolute atomic E-state index is 0.125. The van der Waals surface area contributed by atoms with Gasteiger partial charge in [0.15, 0.2) is 0 Å². The smallest absolute Gasteiger partial charge is 0.355 e. The van der Waals surface area contributed by atoms with Gasteiger partial charge in [0.1, 0.15) is 10.6 Å². The Bertz CT molecular complexity index is 1960. The molecule has 0 saturated carbocycles. The van der Waals surface area contributed by atoms with Crippen molar-refractivity contribution >= 4 is 95.9 Å². The summed E-state index contributed by atoms with van der Waals surface area (Å²) in [4.78, 5) is 48.5. The number of hydrogen-bond donors (Lipinski definition) is 2. The molecular weight excluding hydrogens is 695 g/mol. The van der Waals surface area contributed by atoms with Crippen molar-refractivity contribution < 1.29 is 24.0 Å². The number of nitro benzene ring substituents is 1. The standard InChI is InChI=1S/C30H17BrCl2N4O6S/c31-19-5-12-24(43-30(40)27-26(33)23-11-6-20(32)14-25(23)44-27)18(13-19)15-34-36-29(39)17-1-7-21(8-2-17)35-28(38)16-3-9-22(10-4-16)37(41)42/h1-15H,(H,35,38)(H,36,39)/b34-15-. The van der Waals surface area contributed by atoms with Crippen LogP contribution >= 0.6 is 50.5 Å². The number of benzene rings is 4. The molecule has 1 heterocycles. The highest BCUT2D eigenvalue weighted by molar-refractivity contribution is 9.10. The second-order valence-electron chi connectivity index (χ2n) is 8.99. The van der Waals surface area contributed by atoms with Crippen LogP contribution in [0.25, 0.3) is 10.1 Å². The first kappa shape index (κ1) is 30.8. The molecule has 4 aromatic carbocycles. The summed E-state index contributed by atoms with van der Waals surface area (Å²) in [6.45, 7) is 0. The van der Waals surface area contributed by atoms with E-state index < -0.39 is 22.7 Å². The topological polar surface area (TPSA) is 140 Å². The van der Waals surface area contributed by atoms with Crippen molar-refractivity contribution in [2.75, 3.05) is 5.32 Å². The van der Waals surface area contributed by atoms with Crippen molar-refractivity contribution in [2.45, 2.75) is 0 Å². The predicted octanol–water partition coefficient (Wildman–Crippen LogP) is 8.11. The van der Waals surface area contributed by atoms with Crippen molar-refractivity contribution in [3.8, 4) is 5.75 Å². The number of nitrogens with one attached hydrogen (secondary N) is 2. The Kier molecular flexibility index (Phi) is 9.35. The first-order valence-electron chi connectivity index (χ1n) is 12.5. The van der Waals surface area contributed by atoms with Gasteiger partial charge in [0, 0.05) is 54.1 Å². The number of hydrogen-bond acceptors (Lipinski definition) is 8. The zero-order chi connectivity index (χ0) is 31.4. The molecule has 5 aromatic rings. The summed E-state index contributed by atoms with van der Waals surface area (Å²) >= 11 is 17.0. The lowest BCUT2D eigenvalue weighted by Crippen LogP contribution is -2.18. The van der Waals surface area contributed by atoms with Crippen LogP contribution in [0.5, 0.6) is 5.75 Å². The highest BCUT2D eigenvalue weighted by Gasteiger charge is 2.20. The Labute approximate surface area is 271 Å². The van der Waals surface area contributed by atoms with Crippen LogP contribution in [0.4, 0.5) is 11.4 Å². The van der Waals surface area contributed by atoms with Gasteiger partial charge < -0.3 is 10.1 Å². The van der Waals surface area contributed by atoms with Crippen molar-refractivity contribution in [1.29, 1.82) is 0 Å². The lowest BCUT2D eigenvalue weighted by atomic mass is 10.1. The van der Waals surface area contributed by atoms with Crippen LogP contribution in [0.15, 0.2) is 94.5 Å². The van der Waals surface area contributed by atoms with E-state index in [0.717, 1.165) is 16.0 Å². The fourth-order valence-electron chi connectivity index (χ4n) is 3.90. The molecule has 44 heavy (non-hydrogen) atoms. The first-order chi connectivity index (χ1) is 21.1. The Morgan fingerprint density at radius 2 is 1.59 bits per heavy atom. The van der Waals surface area contributed by atoms with E-state index >= 15 is 0 Å². The van der Waals surface area contributed by atoms with Crippen molar-refractivity contribution in [3.05, 3.63) is 131 Å². The van der Waals surface area contributed by atoms with Gasteiger partial charge in [-0.05, 0) is 66.7 Å². The number of fused-ring (bicyclic) bond motifs is 1. The maximum Gasteiger partial charge on any atom is 0.355 e. The number of nitro groups is 1. The number of anilines is 1. The maximum absolute atomic E-state index is 13.0. The maximum atomic E-state index is 13.0. The number of non-ortho nitro benzene ring substituents is 1. The highest BCUT2D eigenvalue weighted by atomic mass is 79.9. The summed E-state index contributed by atoms with van der Waals surface area (Å²) in [7, 11) is 0. The van der Waals surface area contributed by atoms with E-state index in [-0.39, 0.29) is 32.5 Å². The van der Waals surface area contributed by atoms with E-state index in [4.69, 9.17) is 27.9 Å². The second kappa shape index (κ2) is 13.3. The molecule has 0 aliphatic rings. The van der Waals surface area contributed by atoms with Crippen LogP contribution in [-0.4, -0.2) is 28.9 Å². The molecule has 0 spiro atoms. The second-order valence-corrected chi connectivity index (χ2v) is 11.8. The summed E-state index contributed by atoms with van der Waals surface area (Å²) in [5.74, 6) is -1.46. The number of thiophene rings is 1. The fourth-order valence-corrected chi connectivity index (χ4v) is 5.94. The molecule has 0 unspecified atom stereocenters. The Hall–Kier alpha value is -4.62. The van der Waals surface area contributed by atoms with Crippen LogP contribution in [0.2, 0.25) is 10.0 Å². The largest absolute Gasteiger partial charge is 0.422 e. The summed E-state index contributed by atoms with van der Waals surface area (Å²) < 4.78 is 7.06. The number of halogens is 3. The van der Waals surface area contributed by atoms with Gasteiger partial charge in [-0.25, -0.2) is 10.2 Å². The number of rotatable bonds is 8. The van der Waals surface area contributed by atoms with Gasteiger partial charge in [-0.2, -0.15) is 5.10 Å². The van der Waals surface area contributed by atoms with Gasteiger partial charge in [-0.15, -0.1) is 11.3 Å². The van der Waals surface area contributed by atoms with E-state index in [1.807, 2.05) is 0 Å². The van der Waals surface area contributed by atoms with E-state index in [1.54, 1.807) is 36.4 Å². The average molecular weight is 712 g/mol. The van der Waals surface area contributed by atoms with E-state index in [9.17, 15) is 24.5 Å². The first-order valence-corrected chi connectivity index (χ1v) is 14.8. The summed E-state index contributed by atoms with van der Waals surface area (Å²) in [5.41, 5.74) is 3.60. The normalized spacial score (nSPS) is 11.0. The zero-order valence-electron chi connectivity index (χ0n) is 22.0. The molecule has 0 aliphatic carbocycles. The summed E-state index contributed by atoms with van der Waals surface area (Å²) in [5, 5.41) is 18.9. The molecule has 1 aromatic heterocycles. The van der Waals surface area contributed by atoms with Gasteiger partial charge in [0.05, 0.1) is 16.2 Å². The number of nitrogens with zero attached hydrogens (tertiary/aromatic N) is 2. The fraction of sp³-hybridized carbons (Fsp3) is 0. The number of ether oxygens (including phenoxy) is 1. The molecule has 2 N–H and O–H groups in total. The molecule has 14 heteroatoms. The van der Waals surface area contributed by atoms with Gasteiger partial charge in [-0.3, -0.25) is 19.7 Å². The van der Waals surface area contributed by atoms with Gasteiger partial charge >= 0.3 is 5.97 Å². The molecule has 0 aliphatic heterocycles. The van der Waals surface area contributed by atoms with Crippen molar-refractivity contribution in [2.24, 2.45) is 5.10 Å². The van der Waals surface area contributed by atoms with Crippen molar-refractivity contribution in [1.82, 2.24) is 5.43 Å². The monoisotopic (exact) mass is 710 g/mol. The van der Waals surface area contributed by atoms with E-state index in [2.05, 4.69) is 31.8 Å². The number of carbonyl (C=O) groups excluding carboxylic acids is 3. The molecule has 0 saturated heterocycles. The highest BCUT2D eigenvalue weighted by Crippen LogP contribution is 2.37. The number of amides is 2. The van der Waals surface area contributed by atoms with Crippen LogP contribution in [-0.2, 0) is 0 Å². The number of esters is 1. The summed E-state index contributed by atoms with van der Waals surface area (Å²) in [6, 6.07) is 21.3. The molecular formula is C30H17BrCl2N4O6S. The molecule has 0 bridgehead atoms. The molecule has 0 atom stereocenters. The third kappa shape index (κ3) is 7.12. The molecule has 10 nitrogen and oxygen atoms in total. The van der Waals surface area contributed by atoms with Crippen LogP contribution in [0.1, 0.15) is 36.0 Å².